The number of nitrogens with zero attached hydrogens (tertiary/aromatic N) is 1. The molecule has 0 atom stereocenters. The predicted molar refractivity (Wildman–Crippen MR) is 93.2 cm³/mol. The number of carbonyl (C=O) groups excluding carboxylic acids is 2. The van der Waals surface area contributed by atoms with Crippen LogP contribution in [0.4, 0.5) is 15.3 Å². The molecule has 27 heavy (non-hydrogen) atoms. The van der Waals surface area contributed by atoms with Gasteiger partial charge in [0, 0.05) is 6.21 Å². The number of aliphatic imine (C=N–C) groups is 1. The summed E-state index contributed by atoms with van der Waals surface area (Å²) in [6, 6.07) is 10.4. The maximum Gasteiger partial charge on any atom is 0.513 e. The van der Waals surface area contributed by atoms with E-state index in [1.54, 1.807) is 18.2 Å². The molecule has 0 bridgehead atoms. The summed E-state index contributed by atoms with van der Waals surface area (Å²) in [5, 5.41) is 9.00. The average molecular weight is 373 g/mol. The second-order valence-electron chi connectivity index (χ2n) is 4.93. The van der Waals surface area contributed by atoms with Gasteiger partial charge in [-0.1, -0.05) is 6.07 Å². The first kappa shape index (κ1) is 19.4. The molecule has 0 unspecified atom stereocenters. The molecule has 9 nitrogen and oxygen atoms in total. The lowest BCUT2D eigenvalue weighted by Gasteiger charge is -2.09. The van der Waals surface area contributed by atoms with E-state index in [2.05, 4.69) is 14.5 Å². The summed E-state index contributed by atoms with van der Waals surface area (Å²) in [7, 11) is 2.26. The van der Waals surface area contributed by atoms with Gasteiger partial charge in [-0.2, -0.15) is 0 Å². The van der Waals surface area contributed by atoms with Crippen molar-refractivity contribution in [3.05, 3.63) is 53.6 Å². The van der Waals surface area contributed by atoms with Crippen LogP contribution in [0.25, 0.3) is 0 Å². The zero-order chi connectivity index (χ0) is 19.8. The monoisotopic (exact) mass is 373 g/mol. The minimum atomic E-state index is -1.06. The first-order valence-corrected chi connectivity index (χ1v) is 7.46. The van der Waals surface area contributed by atoms with E-state index in [1.807, 2.05) is 0 Å². The molecule has 1 N–H and O–H groups in total. The van der Waals surface area contributed by atoms with E-state index in [4.69, 9.17) is 14.6 Å². The van der Waals surface area contributed by atoms with Crippen LogP contribution in [0.15, 0.2) is 47.5 Å². The molecule has 0 spiro atoms. The summed E-state index contributed by atoms with van der Waals surface area (Å²) in [5.74, 6) is -1.21. The Kier molecular flexibility index (Phi) is 6.48. The molecule has 140 valence electrons. The van der Waals surface area contributed by atoms with E-state index < -0.39 is 18.3 Å². The van der Waals surface area contributed by atoms with Crippen LogP contribution in [-0.2, 0) is 9.47 Å². The lowest BCUT2D eigenvalue weighted by Crippen LogP contribution is -2.12. The Bertz CT molecular complexity index is 891. The zero-order valence-corrected chi connectivity index (χ0v) is 14.4. The van der Waals surface area contributed by atoms with Crippen LogP contribution in [0.2, 0.25) is 0 Å². The van der Waals surface area contributed by atoms with Crippen LogP contribution in [0.1, 0.15) is 15.9 Å². The quantitative estimate of drug-likeness (QED) is 0.481. The Morgan fingerprint density at radius 3 is 2.22 bits per heavy atom. The van der Waals surface area contributed by atoms with Crippen LogP contribution < -0.4 is 9.47 Å². The summed E-state index contributed by atoms with van der Waals surface area (Å²) in [4.78, 5) is 37.8. The van der Waals surface area contributed by atoms with E-state index >= 15 is 0 Å². The molecule has 0 amide bonds. The lowest BCUT2D eigenvalue weighted by atomic mass is 10.2. The molecule has 0 radical (unpaired) electrons. The van der Waals surface area contributed by atoms with Crippen molar-refractivity contribution in [3.8, 4) is 11.5 Å². The second-order valence-corrected chi connectivity index (χ2v) is 4.93. The highest BCUT2D eigenvalue weighted by molar-refractivity contribution is 5.89. The molecule has 0 heterocycles. The molecule has 0 fully saturated rings. The molecule has 0 saturated carbocycles. The van der Waals surface area contributed by atoms with Crippen LogP contribution in [0.3, 0.4) is 0 Å². The Hall–Kier alpha value is -3.88. The average Bonchev–Trinajstić information content (AvgIpc) is 2.67. The number of carboxylic acids is 1. The highest BCUT2D eigenvalue weighted by atomic mass is 16.7. The van der Waals surface area contributed by atoms with E-state index in [9.17, 15) is 14.4 Å². The lowest BCUT2D eigenvalue weighted by molar-refractivity contribution is 0.0696. The van der Waals surface area contributed by atoms with E-state index in [0.29, 0.717) is 11.3 Å². The van der Waals surface area contributed by atoms with Crippen LogP contribution >= 0.6 is 0 Å². The van der Waals surface area contributed by atoms with Gasteiger partial charge >= 0.3 is 18.3 Å². The van der Waals surface area contributed by atoms with E-state index in [1.165, 1.54) is 30.5 Å². The second kappa shape index (κ2) is 8.99. The minimum Gasteiger partial charge on any atom is -0.478 e. The van der Waals surface area contributed by atoms with Gasteiger partial charge in [-0.15, -0.1) is 0 Å². The normalized spacial score (nSPS) is 10.3. The summed E-state index contributed by atoms with van der Waals surface area (Å²) in [6.45, 7) is 0. The van der Waals surface area contributed by atoms with Crippen molar-refractivity contribution in [1.82, 2.24) is 0 Å². The van der Waals surface area contributed by atoms with Gasteiger partial charge in [0.1, 0.15) is 0 Å². The first-order chi connectivity index (χ1) is 12.9. The number of carboxylic acid groups (broad SMARTS) is 1. The van der Waals surface area contributed by atoms with E-state index in [0.717, 1.165) is 14.2 Å². The molecule has 0 aliphatic carbocycles. The Labute approximate surface area is 153 Å². The molecule has 2 aromatic rings. The molecule has 0 aliphatic rings. The Morgan fingerprint density at radius 2 is 1.59 bits per heavy atom. The van der Waals surface area contributed by atoms with Crippen molar-refractivity contribution in [2.75, 3.05) is 14.2 Å². The fourth-order valence-electron chi connectivity index (χ4n) is 1.90. The standard InChI is InChI=1S/C18H15NO8/c1-24-17(22)26-14-7-6-11(8-15(14)27-18(23)25-2)10-19-13-5-3-4-12(9-13)16(20)21/h3-10H,1-2H3,(H,20,21)/b19-10+. The third kappa shape index (κ3) is 5.56. The van der Waals surface area contributed by atoms with Crippen molar-refractivity contribution in [2.24, 2.45) is 4.99 Å². The van der Waals surface area contributed by atoms with Crippen molar-refractivity contribution in [2.45, 2.75) is 0 Å². The molecule has 0 saturated heterocycles. The number of methoxy groups -OCH3 is 2. The maximum absolute atomic E-state index is 11.4. The molecule has 9 heteroatoms. The third-order valence-corrected chi connectivity index (χ3v) is 3.14. The topological polar surface area (TPSA) is 121 Å². The van der Waals surface area contributed by atoms with Crippen molar-refractivity contribution < 1.29 is 38.4 Å². The molecule has 2 rings (SSSR count). The predicted octanol–water partition coefficient (Wildman–Crippen LogP) is 3.43. The summed E-state index contributed by atoms with van der Waals surface area (Å²) >= 11 is 0. The summed E-state index contributed by atoms with van der Waals surface area (Å²) in [6.07, 6.45) is -0.572. The Balaban J connectivity index is 2.30. The van der Waals surface area contributed by atoms with Gasteiger partial charge in [0.15, 0.2) is 11.5 Å². The maximum atomic E-state index is 11.4. The fourth-order valence-corrected chi connectivity index (χ4v) is 1.90. The fraction of sp³-hybridized carbons (Fsp3) is 0.111. The van der Waals surface area contributed by atoms with Gasteiger partial charge in [-0.25, -0.2) is 14.4 Å². The summed E-state index contributed by atoms with van der Waals surface area (Å²) in [5.41, 5.74) is 1.01. The minimum absolute atomic E-state index is 0.0581. The van der Waals surface area contributed by atoms with Gasteiger partial charge in [0.2, 0.25) is 0 Å². The van der Waals surface area contributed by atoms with Crippen LogP contribution in [-0.4, -0.2) is 43.8 Å². The van der Waals surface area contributed by atoms with Gasteiger partial charge in [0.05, 0.1) is 25.5 Å². The Morgan fingerprint density at radius 1 is 0.926 bits per heavy atom. The first-order valence-electron chi connectivity index (χ1n) is 7.46. The van der Waals surface area contributed by atoms with Gasteiger partial charge in [-0.05, 0) is 42.0 Å². The van der Waals surface area contributed by atoms with Crippen LogP contribution in [0, 0.1) is 0 Å². The molecule has 0 aromatic heterocycles. The molecule has 0 aliphatic heterocycles. The number of aromatic carboxylic acids is 1. The van der Waals surface area contributed by atoms with Crippen LogP contribution in [0.5, 0.6) is 11.5 Å². The number of ether oxygens (including phenoxy) is 4. The molecule has 2 aromatic carbocycles. The third-order valence-electron chi connectivity index (χ3n) is 3.14. The van der Waals surface area contributed by atoms with E-state index in [-0.39, 0.29) is 17.1 Å². The number of hydrogen-bond donors (Lipinski definition) is 1. The highest BCUT2D eigenvalue weighted by Gasteiger charge is 2.15. The largest absolute Gasteiger partial charge is 0.513 e. The SMILES string of the molecule is COC(=O)Oc1ccc(/C=N/c2cccc(C(=O)O)c2)cc1OC(=O)OC. The van der Waals surface area contributed by atoms with Gasteiger partial charge in [-0.3, -0.25) is 4.99 Å². The smallest absolute Gasteiger partial charge is 0.478 e. The highest BCUT2D eigenvalue weighted by Crippen LogP contribution is 2.29. The van der Waals surface area contributed by atoms with Crippen molar-refractivity contribution in [1.29, 1.82) is 0 Å². The van der Waals surface area contributed by atoms with Gasteiger partial charge in [0.25, 0.3) is 0 Å². The van der Waals surface area contributed by atoms with Gasteiger partial charge < -0.3 is 24.1 Å². The number of rotatable bonds is 5. The number of hydrogen-bond acceptors (Lipinski definition) is 8. The van der Waals surface area contributed by atoms with Crippen molar-refractivity contribution in [3.63, 3.8) is 0 Å². The molecular weight excluding hydrogens is 358 g/mol. The molecular formula is C18H15NO8. The van der Waals surface area contributed by atoms with Crippen molar-refractivity contribution >= 4 is 30.2 Å². The number of benzene rings is 2. The summed E-state index contributed by atoms with van der Waals surface area (Å²) < 4.78 is 18.7. The zero-order valence-electron chi connectivity index (χ0n) is 14.4. The number of carbonyl (C=O) groups is 3.